The maximum absolute atomic E-state index is 13.3. The minimum absolute atomic E-state index is 0.220. The second-order valence-corrected chi connectivity index (χ2v) is 5.70. The van der Waals surface area contributed by atoms with E-state index >= 15 is 0 Å². The topological polar surface area (TPSA) is 35.2 Å². The van der Waals surface area contributed by atoms with Crippen molar-refractivity contribution in [2.75, 3.05) is 13.2 Å². The van der Waals surface area contributed by atoms with Gasteiger partial charge in [-0.15, -0.1) is 0 Å². The highest BCUT2D eigenvalue weighted by Crippen LogP contribution is 2.25. The van der Waals surface area contributed by atoms with E-state index in [4.69, 9.17) is 10.5 Å². The zero-order valence-electron chi connectivity index (χ0n) is 9.72. The third-order valence-corrected chi connectivity index (χ3v) is 3.64. The highest BCUT2D eigenvalue weighted by molar-refractivity contribution is 9.10. The largest absolute Gasteiger partial charge is 0.381 e. The molecule has 1 saturated heterocycles. The van der Waals surface area contributed by atoms with Crippen LogP contribution in [0.3, 0.4) is 0 Å². The molecule has 2 rings (SSSR count). The van der Waals surface area contributed by atoms with Crippen molar-refractivity contribution in [3.8, 4) is 0 Å². The van der Waals surface area contributed by atoms with Gasteiger partial charge in [-0.25, -0.2) is 4.39 Å². The molecule has 1 aliphatic rings. The number of benzene rings is 1. The summed E-state index contributed by atoms with van der Waals surface area (Å²) in [6.45, 7) is 1.48. The summed E-state index contributed by atoms with van der Waals surface area (Å²) in [5.41, 5.74) is 7.06. The highest BCUT2D eigenvalue weighted by atomic mass is 79.9. The molecule has 0 aliphatic carbocycles. The first-order valence-corrected chi connectivity index (χ1v) is 6.68. The lowest BCUT2D eigenvalue weighted by atomic mass is 9.85. The second-order valence-electron chi connectivity index (χ2n) is 4.78. The van der Waals surface area contributed by atoms with E-state index in [-0.39, 0.29) is 11.4 Å². The average molecular weight is 302 g/mol. The summed E-state index contributed by atoms with van der Waals surface area (Å²) in [7, 11) is 0. The Labute approximate surface area is 109 Å². The summed E-state index contributed by atoms with van der Waals surface area (Å²) in [5, 5.41) is 0. The van der Waals surface area contributed by atoms with Crippen LogP contribution in [0, 0.1) is 5.82 Å². The summed E-state index contributed by atoms with van der Waals surface area (Å²) in [4.78, 5) is 0. The minimum Gasteiger partial charge on any atom is -0.381 e. The van der Waals surface area contributed by atoms with E-state index in [1.54, 1.807) is 6.07 Å². The zero-order valence-corrected chi connectivity index (χ0v) is 11.3. The van der Waals surface area contributed by atoms with Gasteiger partial charge in [-0.3, -0.25) is 0 Å². The van der Waals surface area contributed by atoms with Gasteiger partial charge in [-0.05, 0) is 49.4 Å². The van der Waals surface area contributed by atoms with Crippen molar-refractivity contribution in [3.63, 3.8) is 0 Å². The van der Waals surface area contributed by atoms with Crippen molar-refractivity contribution in [1.29, 1.82) is 0 Å². The van der Waals surface area contributed by atoms with Crippen molar-refractivity contribution < 1.29 is 9.13 Å². The van der Waals surface area contributed by atoms with Gasteiger partial charge in [-0.2, -0.15) is 0 Å². The van der Waals surface area contributed by atoms with E-state index in [0.29, 0.717) is 13.0 Å². The predicted octanol–water partition coefficient (Wildman–Crippen LogP) is 3.03. The second kappa shape index (κ2) is 5.46. The van der Waals surface area contributed by atoms with Crippen LogP contribution in [0.5, 0.6) is 0 Å². The van der Waals surface area contributed by atoms with Gasteiger partial charge in [0.05, 0.1) is 0 Å². The van der Waals surface area contributed by atoms with Crippen molar-refractivity contribution >= 4 is 15.9 Å². The fraction of sp³-hybridized carbons (Fsp3) is 0.538. The molecule has 1 atom stereocenters. The molecule has 94 valence electrons. The van der Waals surface area contributed by atoms with Gasteiger partial charge in [-0.1, -0.05) is 15.9 Å². The molecule has 0 bridgehead atoms. The van der Waals surface area contributed by atoms with E-state index in [2.05, 4.69) is 15.9 Å². The van der Waals surface area contributed by atoms with Gasteiger partial charge in [0.1, 0.15) is 5.82 Å². The number of hydrogen-bond acceptors (Lipinski definition) is 2. The average Bonchev–Trinajstić information content (AvgIpc) is 2.41. The zero-order chi connectivity index (χ0) is 12.3. The van der Waals surface area contributed by atoms with Crippen LogP contribution in [0.25, 0.3) is 0 Å². The molecule has 0 aromatic heterocycles. The van der Waals surface area contributed by atoms with E-state index in [9.17, 15) is 4.39 Å². The Morgan fingerprint density at radius 1 is 1.29 bits per heavy atom. The summed E-state index contributed by atoms with van der Waals surface area (Å²) < 4.78 is 19.5. The first kappa shape index (κ1) is 13.0. The first-order chi connectivity index (χ1) is 8.07. The summed E-state index contributed by atoms with van der Waals surface area (Å²) >= 11 is 3.31. The summed E-state index contributed by atoms with van der Waals surface area (Å²) in [6.07, 6.45) is 3.45. The number of ether oxygens (including phenoxy) is 1. The molecule has 0 spiro atoms. The fourth-order valence-corrected chi connectivity index (χ4v) is 2.84. The van der Waals surface area contributed by atoms with E-state index < -0.39 is 0 Å². The maximum Gasteiger partial charge on any atom is 0.124 e. The van der Waals surface area contributed by atoms with Crippen molar-refractivity contribution in [1.82, 2.24) is 0 Å². The van der Waals surface area contributed by atoms with Gasteiger partial charge in [0, 0.05) is 23.2 Å². The summed E-state index contributed by atoms with van der Waals surface area (Å²) in [6, 6.07) is 4.96. The molecule has 1 unspecified atom stereocenters. The smallest absolute Gasteiger partial charge is 0.124 e. The van der Waals surface area contributed by atoms with Crippen LogP contribution < -0.4 is 5.73 Å². The number of hydrogen-bond donors (Lipinski definition) is 1. The van der Waals surface area contributed by atoms with Crippen LogP contribution in [0.2, 0.25) is 0 Å². The Morgan fingerprint density at radius 2 is 2.12 bits per heavy atom. The molecule has 1 aliphatic heterocycles. The molecule has 0 saturated carbocycles. The Kier molecular flexibility index (Phi) is 4.17. The minimum atomic E-state index is -0.260. The summed E-state index contributed by atoms with van der Waals surface area (Å²) in [5.74, 6) is -0.220. The Morgan fingerprint density at radius 3 is 2.88 bits per heavy atom. The van der Waals surface area contributed by atoms with Crippen molar-refractivity contribution in [3.05, 3.63) is 34.1 Å². The Bertz CT molecular complexity index is 369. The molecule has 0 amide bonds. The molecule has 1 aromatic carbocycles. The molecular formula is C13H17BrFNO. The molecule has 4 heteroatoms. The molecule has 2 nitrogen and oxygen atoms in total. The van der Waals surface area contributed by atoms with Gasteiger partial charge >= 0.3 is 0 Å². The predicted molar refractivity (Wildman–Crippen MR) is 69.4 cm³/mol. The van der Waals surface area contributed by atoms with Gasteiger partial charge in [0.2, 0.25) is 0 Å². The molecule has 0 radical (unpaired) electrons. The quantitative estimate of drug-likeness (QED) is 0.911. The van der Waals surface area contributed by atoms with Gasteiger partial charge in [0.25, 0.3) is 0 Å². The highest BCUT2D eigenvalue weighted by Gasteiger charge is 2.27. The Balaban J connectivity index is 2.12. The number of nitrogens with two attached hydrogens (primary N) is 1. The van der Waals surface area contributed by atoms with Crippen LogP contribution in [-0.2, 0) is 11.2 Å². The van der Waals surface area contributed by atoms with Gasteiger partial charge in [0.15, 0.2) is 0 Å². The molecule has 1 fully saturated rings. The van der Waals surface area contributed by atoms with Crippen LogP contribution in [-0.4, -0.2) is 18.8 Å². The SMILES string of the molecule is NC1(Cc2cc(F)cc(Br)c2)CCCOCC1. The van der Waals surface area contributed by atoms with Crippen LogP contribution >= 0.6 is 15.9 Å². The number of halogens is 2. The third-order valence-electron chi connectivity index (χ3n) is 3.19. The molecule has 1 heterocycles. The standard InChI is InChI=1S/C13H17BrFNO/c14-11-6-10(7-12(15)8-11)9-13(16)2-1-4-17-5-3-13/h6-8H,1-5,9,16H2. The lowest BCUT2D eigenvalue weighted by Gasteiger charge is -2.27. The molecule has 17 heavy (non-hydrogen) atoms. The van der Waals surface area contributed by atoms with E-state index in [1.165, 1.54) is 6.07 Å². The van der Waals surface area contributed by atoms with Crippen molar-refractivity contribution in [2.45, 2.75) is 31.2 Å². The maximum atomic E-state index is 13.3. The fourth-order valence-electron chi connectivity index (χ4n) is 2.33. The van der Waals surface area contributed by atoms with Crippen molar-refractivity contribution in [2.24, 2.45) is 5.73 Å². The van der Waals surface area contributed by atoms with Crippen LogP contribution in [0.1, 0.15) is 24.8 Å². The van der Waals surface area contributed by atoms with Gasteiger partial charge < -0.3 is 10.5 Å². The lowest BCUT2D eigenvalue weighted by molar-refractivity contribution is 0.139. The molecule has 2 N–H and O–H groups in total. The monoisotopic (exact) mass is 301 g/mol. The molecule has 1 aromatic rings. The lowest BCUT2D eigenvalue weighted by Crippen LogP contribution is -2.42. The van der Waals surface area contributed by atoms with Crippen LogP contribution in [0.15, 0.2) is 22.7 Å². The third kappa shape index (κ3) is 3.76. The van der Waals surface area contributed by atoms with E-state index in [0.717, 1.165) is 35.9 Å². The van der Waals surface area contributed by atoms with E-state index in [1.807, 2.05) is 6.07 Å². The number of rotatable bonds is 2. The molecular weight excluding hydrogens is 285 g/mol. The Hall–Kier alpha value is -0.450. The van der Waals surface area contributed by atoms with Crippen LogP contribution in [0.4, 0.5) is 4.39 Å². The first-order valence-electron chi connectivity index (χ1n) is 5.89. The normalized spacial score (nSPS) is 25.6.